The molecule has 104 valence electrons. The number of carboxylic acid groups (broad SMARTS) is 1. The molecule has 1 aromatic carbocycles. The number of hydrogen-bond acceptors (Lipinski definition) is 3. The highest BCUT2D eigenvalue weighted by molar-refractivity contribution is 5.97. The second-order valence-electron chi connectivity index (χ2n) is 5.12. The average Bonchev–Trinajstić information content (AvgIpc) is 2.90. The number of rotatable bonds is 4. The number of amides is 1. The lowest BCUT2D eigenvalue weighted by Gasteiger charge is -2.19. The summed E-state index contributed by atoms with van der Waals surface area (Å²) in [5, 5.41) is 20.7. The van der Waals surface area contributed by atoms with E-state index in [2.05, 4.69) is 11.4 Å². The Bertz CT molecular complexity index is 551. The van der Waals surface area contributed by atoms with E-state index in [-0.39, 0.29) is 12.3 Å². The largest absolute Gasteiger partial charge is 0.481 e. The van der Waals surface area contributed by atoms with Crippen LogP contribution in [0, 0.1) is 16.7 Å². The molecule has 2 rings (SSSR count). The van der Waals surface area contributed by atoms with E-state index in [1.807, 2.05) is 0 Å². The van der Waals surface area contributed by atoms with Gasteiger partial charge in [0.25, 0.3) is 0 Å². The van der Waals surface area contributed by atoms with Gasteiger partial charge in [-0.15, -0.1) is 0 Å². The van der Waals surface area contributed by atoms with E-state index in [9.17, 15) is 14.9 Å². The topological polar surface area (TPSA) is 90.2 Å². The van der Waals surface area contributed by atoms with Crippen molar-refractivity contribution in [3.05, 3.63) is 29.8 Å². The minimum atomic E-state index is -0.903. The Labute approximate surface area is 117 Å². The van der Waals surface area contributed by atoms with Crippen molar-refractivity contribution in [2.24, 2.45) is 5.41 Å². The minimum Gasteiger partial charge on any atom is -0.481 e. The molecule has 2 N–H and O–H groups in total. The van der Waals surface area contributed by atoms with E-state index in [4.69, 9.17) is 5.11 Å². The van der Waals surface area contributed by atoms with Crippen LogP contribution in [0.5, 0.6) is 0 Å². The third-order valence-electron chi connectivity index (χ3n) is 3.67. The number of aliphatic carboxylic acids is 1. The molecule has 1 aromatic rings. The van der Waals surface area contributed by atoms with E-state index in [0.29, 0.717) is 24.1 Å². The Morgan fingerprint density at radius 3 is 2.35 bits per heavy atom. The quantitative estimate of drug-likeness (QED) is 0.880. The Morgan fingerprint density at radius 1 is 1.25 bits per heavy atom. The second-order valence-corrected chi connectivity index (χ2v) is 5.12. The van der Waals surface area contributed by atoms with Crippen LogP contribution in [0.2, 0.25) is 0 Å². The number of anilines is 1. The fraction of sp³-hybridized carbons (Fsp3) is 0.400. The van der Waals surface area contributed by atoms with Crippen molar-refractivity contribution in [1.82, 2.24) is 0 Å². The molecule has 1 fully saturated rings. The Balaban J connectivity index is 2.05. The van der Waals surface area contributed by atoms with E-state index < -0.39 is 11.4 Å². The van der Waals surface area contributed by atoms with Gasteiger partial charge in [0.2, 0.25) is 5.91 Å². The summed E-state index contributed by atoms with van der Waals surface area (Å²) in [7, 11) is 0. The summed E-state index contributed by atoms with van der Waals surface area (Å²) < 4.78 is 0. The third kappa shape index (κ3) is 2.97. The van der Waals surface area contributed by atoms with Crippen molar-refractivity contribution in [2.75, 3.05) is 5.32 Å². The monoisotopic (exact) mass is 272 g/mol. The molecule has 0 radical (unpaired) electrons. The molecule has 0 unspecified atom stereocenters. The molecule has 0 atom stereocenters. The van der Waals surface area contributed by atoms with E-state index >= 15 is 0 Å². The summed E-state index contributed by atoms with van der Waals surface area (Å²) in [5.74, 6) is -1.15. The number of nitrogens with one attached hydrogen (secondary N) is 1. The van der Waals surface area contributed by atoms with Crippen LogP contribution in [-0.2, 0) is 16.0 Å². The SMILES string of the molecule is N#CC1(C(=O)Nc2ccc(CC(=O)O)cc2)CCCC1. The number of carbonyl (C=O) groups excluding carboxylic acids is 1. The van der Waals surface area contributed by atoms with Crippen molar-refractivity contribution in [1.29, 1.82) is 5.26 Å². The molecular weight excluding hydrogens is 256 g/mol. The number of benzene rings is 1. The summed E-state index contributed by atoms with van der Waals surface area (Å²) in [5.41, 5.74) is 0.358. The maximum atomic E-state index is 12.2. The first kappa shape index (κ1) is 14.1. The van der Waals surface area contributed by atoms with Crippen LogP contribution in [-0.4, -0.2) is 17.0 Å². The summed E-state index contributed by atoms with van der Waals surface area (Å²) in [6.45, 7) is 0. The zero-order valence-corrected chi connectivity index (χ0v) is 11.1. The molecule has 20 heavy (non-hydrogen) atoms. The Hall–Kier alpha value is -2.35. The lowest BCUT2D eigenvalue weighted by atomic mass is 9.87. The summed E-state index contributed by atoms with van der Waals surface area (Å²) in [6, 6.07) is 8.80. The van der Waals surface area contributed by atoms with Crippen LogP contribution in [0.3, 0.4) is 0 Å². The molecule has 0 heterocycles. The van der Waals surface area contributed by atoms with Gasteiger partial charge in [0.15, 0.2) is 0 Å². The number of carbonyl (C=O) groups is 2. The van der Waals surface area contributed by atoms with Crippen LogP contribution in [0.1, 0.15) is 31.2 Å². The Morgan fingerprint density at radius 2 is 1.85 bits per heavy atom. The van der Waals surface area contributed by atoms with Crippen molar-refractivity contribution < 1.29 is 14.7 Å². The highest BCUT2D eigenvalue weighted by atomic mass is 16.4. The molecule has 1 aliphatic rings. The molecule has 5 heteroatoms. The smallest absolute Gasteiger partial charge is 0.307 e. The van der Waals surface area contributed by atoms with Crippen LogP contribution < -0.4 is 5.32 Å². The first-order valence-corrected chi connectivity index (χ1v) is 6.59. The van der Waals surface area contributed by atoms with Gasteiger partial charge in [-0.2, -0.15) is 5.26 Å². The molecule has 0 aromatic heterocycles. The molecule has 1 amide bonds. The first-order valence-electron chi connectivity index (χ1n) is 6.59. The Kier molecular flexibility index (Phi) is 4.04. The molecule has 0 bridgehead atoms. The highest BCUT2D eigenvalue weighted by Crippen LogP contribution is 2.38. The molecule has 0 spiro atoms. The molecule has 0 aliphatic heterocycles. The van der Waals surface area contributed by atoms with Crippen LogP contribution >= 0.6 is 0 Å². The highest BCUT2D eigenvalue weighted by Gasteiger charge is 2.41. The molecular formula is C15H16N2O3. The first-order chi connectivity index (χ1) is 9.55. The third-order valence-corrected chi connectivity index (χ3v) is 3.67. The van der Waals surface area contributed by atoms with Gasteiger partial charge < -0.3 is 10.4 Å². The molecule has 1 saturated carbocycles. The predicted octanol–water partition coefficient (Wildman–Crippen LogP) is 2.34. The van der Waals surface area contributed by atoms with Crippen molar-refractivity contribution >= 4 is 17.6 Å². The zero-order valence-electron chi connectivity index (χ0n) is 11.1. The summed E-state index contributed by atoms with van der Waals surface area (Å²) in [4.78, 5) is 22.8. The van der Waals surface area contributed by atoms with Gasteiger partial charge in [-0.3, -0.25) is 9.59 Å². The van der Waals surface area contributed by atoms with Crippen LogP contribution in [0.25, 0.3) is 0 Å². The number of hydrogen-bond donors (Lipinski definition) is 2. The van der Waals surface area contributed by atoms with Crippen molar-refractivity contribution in [3.8, 4) is 6.07 Å². The maximum absolute atomic E-state index is 12.2. The fourth-order valence-corrected chi connectivity index (χ4v) is 2.50. The number of nitrogens with zero attached hydrogens (tertiary/aromatic N) is 1. The molecule has 5 nitrogen and oxygen atoms in total. The second kappa shape index (κ2) is 5.74. The minimum absolute atomic E-state index is 0.0453. The predicted molar refractivity (Wildman–Crippen MR) is 72.9 cm³/mol. The number of carboxylic acids is 1. The van der Waals surface area contributed by atoms with E-state index in [1.54, 1.807) is 24.3 Å². The van der Waals surface area contributed by atoms with Gasteiger partial charge in [-0.25, -0.2) is 0 Å². The van der Waals surface area contributed by atoms with Gasteiger partial charge in [-0.1, -0.05) is 25.0 Å². The van der Waals surface area contributed by atoms with Gasteiger partial charge in [-0.05, 0) is 30.5 Å². The molecule has 0 saturated heterocycles. The number of nitriles is 1. The van der Waals surface area contributed by atoms with Gasteiger partial charge in [0, 0.05) is 5.69 Å². The van der Waals surface area contributed by atoms with Crippen molar-refractivity contribution in [2.45, 2.75) is 32.1 Å². The lowest BCUT2D eigenvalue weighted by Crippen LogP contribution is -2.32. The maximum Gasteiger partial charge on any atom is 0.307 e. The zero-order chi connectivity index (χ0) is 14.6. The molecule has 1 aliphatic carbocycles. The van der Waals surface area contributed by atoms with Crippen molar-refractivity contribution in [3.63, 3.8) is 0 Å². The average molecular weight is 272 g/mol. The lowest BCUT2D eigenvalue weighted by molar-refractivity contribution is -0.136. The van der Waals surface area contributed by atoms with Gasteiger partial charge >= 0.3 is 5.97 Å². The summed E-state index contributed by atoms with van der Waals surface area (Å²) in [6.07, 6.45) is 2.96. The van der Waals surface area contributed by atoms with Crippen LogP contribution in [0.15, 0.2) is 24.3 Å². The summed E-state index contributed by atoms with van der Waals surface area (Å²) >= 11 is 0. The normalized spacial score (nSPS) is 16.4. The van der Waals surface area contributed by atoms with Gasteiger partial charge in [0.1, 0.15) is 5.41 Å². The standard InChI is InChI=1S/C15H16N2O3/c16-10-15(7-1-2-8-15)14(20)17-12-5-3-11(4-6-12)9-13(18)19/h3-6H,1-2,7-9H2,(H,17,20)(H,18,19). The van der Waals surface area contributed by atoms with E-state index in [1.165, 1.54) is 0 Å². The van der Waals surface area contributed by atoms with Crippen LogP contribution in [0.4, 0.5) is 5.69 Å². The van der Waals surface area contributed by atoms with E-state index in [0.717, 1.165) is 12.8 Å². The fourth-order valence-electron chi connectivity index (χ4n) is 2.50. The van der Waals surface area contributed by atoms with Gasteiger partial charge in [0.05, 0.1) is 12.5 Å².